The number of nitrogens with zero attached hydrogens (tertiary/aromatic N) is 2. The standard InChI is InChI=1S/C25H31N3O4S2/c1-4-20-5-7-23(8-6-20)28(33(3)29)17-19(2)15-22-16-24(9-10-25(22)34(26,30)31)32-18-21-11-13-27-14-12-21/h5-14,16,19H,4,15,17-18H2,1-3H3,(H2,26,30,31). The third-order valence-electron chi connectivity index (χ3n) is 5.48. The molecule has 1 atom stereocenters. The predicted octanol–water partition coefficient (Wildman–Crippen LogP) is 4.17. The molecule has 9 heteroatoms. The minimum Gasteiger partial charge on any atom is -0.489 e. The topological polar surface area (TPSA) is 102 Å². The van der Waals surface area contributed by atoms with Gasteiger partial charge in [-0.15, -0.1) is 0 Å². The van der Waals surface area contributed by atoms with Gasteiger partial charge in [0.15, 0.2) is 5.69 Å². The van der Waals surface area contributed by atoms with Crippen molar-refractivity contribution in [2.75, 3.05) is 12.8 Å². The van der Waals surface area contributed by atoms with Crippen LogP contribution in [0, 0.1) is 5.92 Å². The average Bonchev–Trinajstić information content (AvgIpc) is 2.81. The Bertz CT molecular complexity index is 1300. The number of hydrogen-bond donors (Lipinski definition) is 1. The van der Waals surface area contributed by atoms with Crippen LogP contribution in [0.15, 0.2) is 71.9 Å². The van der Waals surface area contributed by atoms with Crippen LogP contribution in [0.2, 0.25) is 0 Å². The fourth-order valence-corrected chi connectivity index (χ4v) is 5.36. The number of pyridine rings is 1. The van der Waals surface area contributed by atoms with Crippen LogP contribution in [-0.2, 0) is 44.3 Å². The highest BCUT2D eigenvalue weighted by molar-refractivity contribution is 7.89. The molecule has 0 spiro atoms. The van der Waals surface area contributed by atoms with Crippen LogP contribution < -0.4 is 9.88 Å². The zero-order valence-electron chi connectivity index (χ0n) is 19.7. The molecule has 7 nitrogen and oxygen atoms in total. The van der Waals surface area contributed by atoms with Gasteiger partial charge < -0.3 is 8.95 Å². The summed E-state index contributed by atoms with van der Waals surface area (Å²) in [5, 5.41) is 5.48. The highest BCUT2D eigenvalue weighted by atomic mass is 32.2. The summed E-state index contributed by atoms with van der Waals surface area (Å²) in [7, 11) is -5.14. The zero-order chi connectivity index (χ0) is 24.7. The van der Waals surface area contributed by atoms with E-state index in [9.17, 15) is 12.6 Å². The van der Waals surface area contributed by atoms with Gasteiger partial charge in [-0.05, 0) is 70.5 Å². The van der Waals surface area contributed by atoms with Gasteiger partial charge in [0.2, 0.25) is 10.0 Å². The van der Waals surface area contributed by atoms with Crippen molar-refractivity contribution in [2.24, 2.45) is 11.1 Å². The second kappa shape index (κ2) is 11.6. The van der Waals surface area contributed by atoms with Crippen molar-refractivity contribution in [2.45, 2.75) is 38.2 Å². The third-order valence-corrected chi connectivity index (χ3v) is 7.47. The minimum absolute atomic E-state index is 0.00861. The molecule has 1 unspecified atom stereocenters. The monoisotopic (exact) mass is 501 g/mol. The quantitative estimate of drug-likeness (QED) is 0.332. The minimum atomic E-state index is -3.91. The molecule has 2 aromatic carbocycles. The maximum Gasteiger partial charge on any atom is 0.238 e. The maximum atomic E-state index is 12.5. The highest BCUT2D eigenvalue weighted by Crippen LogP contribution is 2.25. The van der Waals surface area contributed by atoms with Crippen LogP contribution in [0.25, 0.3) is 0 Å². The number of ether oxygens (including phenoxy) is 1. The van der Waals surface area contributed by atoms with E-state index in [4.69, 9.17) is 9.88 Å². The van der Waals surface area contributed by atoms with Crippen LogP contribution in [0.1, 0.15) is 30.5 Å². The molecule has 182 valence electrons. The van der Waals surface area contributed by atoms with Gasteiger partial charge in [-0.25, -0.2) is 13.6 Å². The van der Waals surface area contributed by atoms with Crippen molar-refractivity contribution >= 4 is 26.3 Å². The highest BCUT2D eigenvalue weighted by Gasteiger charge is 2.19. The molecule has 0 aliphatic rings. The van der Waals surface area contributed by atoms with Crippen LogP contribution in [0.4, 0.5) is 5.69 Å². The van der Waals surface area contributed by atoms with Crippen molar-refractivity contribution in [1.29, 1.82) is 0 Å². The number of rotatable bonds is 10. The molecular weight excluding hydrogens is 470 g/mol. The van der Waals surface area contributed by atoms with E-state index in [0.29, 0.717) is 30.9 Å². The Morgan fingerprint density at radius 2 is 1.74 bits per heavy atom. The van der Waals surface area contributed by atoms with Crippen LogP contribution >= 0.6 is 0 Å². The number of sulfonamides is 1. The molecule has 3 rings (SSSR count). The van der Waals surface area contributed by atoms with Gasteiger partial charge in [-0.3, -0.25) is 8.93 Å². The van der Waals surface area contributed by atoms with Gasteiger partial charge in [0.25, 0.3) is 0 Å². The van der Waals surface area contributed by atoms with E-state index >= 15 is 0 Å². The lowest BCUT2D eigenvalue weighted by molar-refractivity contribution is -0.422. The van der Waals surface area contributed by atoms with Crippen molar-refractivity contribution in [3.05, 3.63) is 83.7 Å². The zero-order valence-corrected chi connectivity index (χ0v) is 21.3. The lowest BCUT2D eigenvalue weighted by Gasteiger charge is -2.17. The molecule has 0 saturated carbocycles. The number of hydrogen-bond acceptors (Lipinski definition) is 6. The molecule has 3 aromatic rings. The number of primary sulfonamides is 1. The maximum absolute atomic E-state index is 12.5. The molecule has 0 saturated heterocycles. The Morgan fingerprint density at radius 3 is 2.32 bits per heavy atom. The van der Waals surface area contributed by atoms with E-state index in [0.717, 1.165) is 17.7 Å². The first kappa shape index (κ1) is 25.9. The summed E-state index contributed by atoms with van der Waals surface area (Å²) < 4.78 is 44.6. The molecule has 0 amide bonds. The van der Waals surface area contributed by atoms with E-state index in [-0.39, 0.29) is 10.8 Å². The van der Waals surface area contributed by atoms with E-state index in [1.54, 1.807) is 30.8 Å². The predicted molar refractivity (Wildman–Crippen MR) is 134 cm³/mol. The van der Waals surface area contributed by atoms with Gasteiger partial charge in [0.05, 0.1) is 4.90 Å². The summed E-state index contributed by atoms with van der Waals surface area (Å²) in [4.78, 5) is 4.07. The van der Waals surface area contributed by atoms with Crippen LogP contribution in [-0.4, -0.2) is 30.1 Å². The molecule has 0 aliphatic carbocycles. The van der Waals surface area contributed by atoms with Gasteiger partial charge in [0.1, 0.15) is 18.9 Å². The van der Waals surface area contributed by atoms with E-state index in [1.165, 1.54) is 11.6 Å². The first-order valence-electron chi connectivity index (χ1n) is 11.0. The first-order valence-corrected chi connectivity index (χ1v) is 14.1. The number of nitrogens with two attached hydrogens (primary N) is 1. The summed E-state index contributed by atoms with van der Waals surface area (Å²) >= 11 is 0. The first-order chi connectivity index (χ1) is 16.2. The molecule has 0 bridgehead atoms. The lowest BCUT2D eigenvalue weighted by Crippen LogP contribution is -2.20. The van der Waals surface area contributed by atoms with Crippen molar-refractivity contribution < 1.29 is 21.3 Å². The second-order valence-electron chi connectivity index (χ2n) is 8.27. The molecule has 34 heavy (non-hydrogen) atoms. The molecule has 0 radical (unpaired) electrons. The van der Waals surface area contributed by atoms with Crippen LogP contribution in [0.5, 0.6) is 5.75 Å². The molecule has 0 aliphatic heterocycles. The average molecular weight is 502 g/mol. The summed E-state index contributed by atoms with van der Waals surface area (Å²) in [5.74, 6) is 0.545. The number of benzene rings is 2. The van der Waals surface area contributed by atoms with Gasteiger partial charge >= 0.3 is 0 Å². The van der Waals surface area contributed by atoms with E-state index < -0.39 is 20.6 Å². The summed E-state index contributed by atoms with van der Waals surface area (Å²) in [6, 6.07) is 16.5. The second-order valence-corrected chi connectivity index (χ2v) is 11.1. The normalized spacial score (nSPS) is 13.8. The summed E-state index contributed by atoms with van der Waals surface area (Å²) in [6.07, 6.45) is 6.38. The van der Waals surface area contributed by atoms with Crippen LogP contribution in [0.3, 0.4) is 0 Å². The molecule has 2 N–H and O–H groups in total. The molecular formula is C25H31N3O4S2. The summed E-state index contributed by atoms with van der Waals surface area (Å²) in [6.45, 7) is 4.91. The van der Waals surface area contributed by atoms with Gasteiger partial charge in [-0.1, -0.05) is 32.2 Å². The smallest absolute Gasteiger partial charge is 0.238 e. The Kier molecular flexibility index (Phi) is 8.82. The summed E-state index contributed by atoms with van der Waals surface area (Å²) in [5.41, 5.74) is 3.60. The fraction of sp³-hybridized carbons (Fsp3) is 0.320. The molecule has 1 aromatic heterocycles. The van der Waals surface area contributed by atoms with Crippen molar-refractivity contribution in [3.63, 3.8) is 0 Å². The van der Waals surface area contributed by atoms with E-state index in [2.05, 4.69) is 11.9 Å². The Hall–Kier alpha value is -2.75. The van der Waals surface area contributed by atoms with E-state index in [1.807, 2.05) is 47.3 Å². The third kappa shape index (κ3) is 7.12. The Labute approximate surface area is 203 Å². The molecule has 1 heterocycles. The molecule has 0 fully saturated rings. The SMILES string of the molecule is CCc1ccc([N+](CC(C)Cc2cc(OCc3ccncc3)ccc2S(N)(=O)=O)=[S-](C)=O)cc1. The Morgan fingerprint density at radius 1 is 1.06 bits per heavy atom. The van der Waals surface area contributed by atoms with Crippen molar-refractivity contribution in [1.82, 2.24) is 4.98 Å². The van der Waals surface area contributed by atoms with Gasteiger partial charge in [0, 0.05) is 30.4 Å². The van der Waals surface area contributed by atoms with Gasteiger partial charge in [-0.2, -0.15) is 0 Å². The Balaban J connectivity index is 1.82. The largest absolute Gasteiger partial charge is 0.489 e. The number of aromatic nitrogens is 1. The fourth-order valence-electron chi connectivity index (χ4n) is 3.71. The lowest BCUT2D eigenvalue weighted by atomic mass is 10.0. The number of aryl methyl sites for hydroxylation is 1. The van der Waals surface area contributed by atoms with Crippen molar-refractivity contribution in [3.8, 4) is 5.75 Å².